The predicted molar refractivity (Wildman–Crippen MR) is 142 cm³/mol. The largest absolute Gasteiger partial charge is 0.397 e. The maximum atomic E-state index is 12.3. The molecule has 34 heavy (non-hydrogen) atoms. The number of aliphatic imine (C=N–C) groups is 1. The van der Waals surface area contributed by atoms with Gasteiger partial charge in [-0.15, -0.1) is 0 Å². The van der Waals surface area contributed by atoms with Crippen LogP contribution in [0.25, 0.3) is 0 Å². The number of rotatable bonds is 8. The Labute approximate surface area is 206 Å². The highest BCUT2D eigenvalue weighted by Crippen LogP contribution is 2.27. The van der Waals surface area contributed by atoms with Crippen molar-refractivity contribution in [3.8, 4) is 0 Å². The number of hydrogen-bond acceptors (Lipinski definition) is 6. The Bertz CT molecular complexity index is 1300. The van der Waals surface area contributed by atoms with Crippen LogP contribution in [-0.2, 0) is 22.4 Å². The van der Waals surface area contributed by atoms with Crippen molar-refractivity contribution in [2.75, 3.05) is 16.4 Å². The number of thiophene rings is 2. The number of carbonyl (C=O) groups excluding carboxylic acids is 2. The normalized spacial score (nSPS) is 11.3. The third kappa shape index (κ3) is 6.40. The van der Waals surface area contributed by atoms with Gasteiger partial charge < -0.3 is 16.4 Å². The van der Waals surface area contributed by atoms with Gasteiger partial charge in [0.25, 0.3) is 0 Å². The number of carbonyl (C=O) groups is 2. The van der Waals surface area contributed by atoms with Crippen LogP contribution in [0, 0.1) is 0 Å². The molecule has 2 aromatic carbocycles. The first-order valence-corrected chi connectivity index (χ1v) is 12.5. The van der Waals surface area contributed by atoms with E-state index in [9.17, 15) is 9.59 Å². The summed E-state index contributed by atoms with van der Waals surface area (Å²) >= 11 is 3.14. The molecule has 0 aliphatic heterocycles. The molecule has 4 aromatic rings. The number of anilines is 3. The standard InChI is InChI=1S/C26H24N4O2S2/c1-17(20-2-4-21(5-3-20)29-25(31)12-18-8-10-33-15-18)28-24-14-22(6-7-23(24)27)30-26(32)13-19-9-11-34-16-19/h2-11,14-16H,12-13,27H2,1H3,(H,29,31)(H,30,32). The lowest BCUT2D eigenvalue weighted by atomic mass is 10.1. The quantitative estimate of drug-likeness (QED) is 0.213. The van der Waals surface area contributed by atoms with E-state index >= 15 is 0 Å². The number of nitrogens with two attached hydrogens (primary N) is 1. The lowest BCUT2D eigenvalue weighted by molar-refractivity contribution is -0.116. The van der Waals surface area contributed by atoms with Gasteiger partial charge >= 0.3 is 0 Å². The molecule has 0 spiro atoms. The molecule has 0 saturated carbocycles. The second-order valence-electron chi connectivity index (χ2n) is 7.76. The minimum atomic E-state index is -0.0912. The first-order chi connectivity index (χ1) is 16.5. The molecule has 0 aliphatic carbocycles. The Kier molecular flexibility index (Phi) is 7.51. The molecule has 2 amide bonds. The molecule has 0 radical (unpaired) electrons. The Hall–Kier alpha value is -3.75. The van der Waals surface area contributed by atoms with Crippen molar-refractivity contribution >= 4 is 62.9 Å². The van der Waals surface area contributed by atoms with Gasteiger partial charge in [0.2, 0.25) is 11.8 Å². The smallest absolute Gasteiger partial charge is 0.228 e. The first-order valence-electron chi connectivity index (χ1n) is 10.6. The Morgan fingerprint density at radius 2 is 1.38 bits per heavy atom. The third-order valence-corrected chi connectivity index (χ3v) is 6.54. The molecule has 4 N–H and O–H groups in total. The van der Waals surface area contributed by atoms with Gasteiger partial charge in [0, 0.05) is 17.1 Å². The fourth-order valence-electron chi connectivity index (χ4n) is 3.33. The second kappa shape index (κ2) is 10.9. The SMILES string of the molecule is CC(=Nc1cc(NC(=O)Cc2ccsc2)ccc1N)c1ccc(NC(=O)Cc2ccsc2)cc1. The summed E-state index contributed by atoms with van der Waals surface area (Å²) < 4.78 is 0. The van der Waals surface area contributed by atoms with Gasteiger partial charge in [0.1, 0.15) is 0 Å². The number of benzene rings is 2. The number of nitrogens with zero attached hydrogens (tertiary/aromatic N) is 1. The van der Waals surface area contributed by atoms with E-state index in [1.165, 1.54) is 0 Å². The maximum absolute atomic E-state index is 12.3. The van der Waals surface area contributed by atoms with Crippen LogP contribution in [-0.4, -0.2) is 17.5 Å². The Balaban J connectivity index is 1.41. The molecule has 0 unspecified atom stereocenters. The van der Waals surface area contributed by atoms with E-state index in [1.54, 1.807) is 40.9 Å². The lowest BCUT2D eigenvalue weighted by Crippen LogP contribution is -2.14. The Morgan fingerprint density at radius 3 is 1.94 bits per heavy atom. The van der Waals surface area contributed by atoms with E-state index in [-0.39, 0.29) is 11.8 Å². The summed E-state index contributed by atoms with van der Waals surface area (Å²) in [5, 5.41) is 13.7. The van der Waals surface area contributed by atoms with Crippen molar-refractivity contribution in [1.29, 1.82) is 0 Å². The van der Waals surface area contributed by atoms with Gasteiger partial charge in [-0.3, -0.25) is 14.6 Å². The molecule has 0 atom stereocenters. The minimum absolute atomic E-state index is 0.0535. The highest BCUT2D eigenvalue weighted by molar-refractivity contribution is 7.08. The van der Waals surface area contributed by atoms with Crippen molar-refractivity contribution in [1.82, 2.24) is 0 Å². The van der Waals surface area contributed by atoms with Crippen LogP contribution in [0.3, 0.4) is 0 Å². The van der Waals surface area contributed by atoms with Crippen LogP contribution in [0.1, 0.15) is 23.6 Å². The zero-order valence-corrected chi connectivity index (χ0v) is 20.2. The monoisotopic (exact) mass is 488 g/mol. The average Bonchev–Trinajstić information content (AvgIpc) is 3.51. The average molecular weight is 489 g/mol. The van der Waals surface area contributed by atoms with Crippen molar-refractivity contribution in [2.45, 2.75) is 19.8 Å². The maximum Gasteiger partial charge on any atom is 0.228 e. The molecular formula is C26H24N4O2S2. The fraction of sp³-hybridized carbons (Fsp3) is 0.115. The van der Waals surface area contributed by atoms with Crippen LogP contribution in [0.4, 0.5) is 22.7 Å². The summed E-state index contributed by atoms with van der Waals surface area (Å²) in [7, 11) is 0. The molecule has 0 saturated heterocycles. The van der Waals surface area contributed by atoms with Gasteiger partial charge in [-0.2, -0.15) is 22.7 Å². The summed E-state index contributed by atoms with van der Waals surface area (Å²) in [5.41, 5.74) is 12.3. The van der Waals surface area contributed by atoms with E-state index in [0.717, 1.165) is 28.1 Å². The summed E-state index contributed by atoms with van der Waals surface area (Å²) in [6.07, 6.45) is 0.673. The van der Waals surface area contributed by atoms with Gasteiger partial charge in [-0.1, -0.05) is 12.1 Å². The number of hydrogen-bond donors (Lipinski definition) is 3. The minimum Gasteiger partial charge on any atom is -0.397 e. The van der Waals surface area contributed by atoms with Crippen LogP contribution in [0.5, 0.6) is 0 Å². The summed E-state index contributed by atoms with van der Waals surface area (Å²) in [4.78, 5) is 29.2. The van der Waals surface area contributed by atoms with Crippen LogP contribution in [0.15, 0.2) is 81.1 Å². The third-order valence-electron chi connectivity index (χ3n) is 5.08. The van der Waals surface area contributed by atoms with Crippen molar-refractivity contribution in [3.05, 3.63) is 92.8 Å². The molecule has 4 rings (SSSR count). The summed E-state index contributed by atoms with van der Waals surface area (Å²) in [5.74, 6) is -0.145. The highest BCUT2D eigenvalue weighted by atomic mass is 32.1. The number of nitrogen functional groups attached to an aromatic ring is 1. The molecule has 0 aliphatic rings. The second-order valence-corrected chi connectivity index (χ2v) is 9.32. The molecule has 2 heterocycles. The highest BCUT2D eigenvalue weighted by Gasteiger charge is 2.08. The number of amides is 2. The first kappa shape index (κ1) is 23.4. The predicted octanol–water partition coefficient (Wildman–Crippen LogP) is 5.89. The van der Waals surface area contributed by atoms with E-state index < -0.39 is 0 Å². The van der Waals surface area contributed by atoms with Gasteiger partial charge in [0.15, 0.2) is 0 Å². The molecule has 0 fully saturated rings. The fourth-order valence-corrected chi connectivity index (χ4v) is 4.66. The summed E-state index contributed by atoms with van der Waals surface area (Å²) in [6.45, 7) is 1.89. The van der Waals surface area contributed by atoms with E-state index in [1.807, 2.05) is 64.8 Å². The zero-order chi connectivity index (χ0) is 23.9. The molecule has 2 aromatic heterocycles. The van der Waals surface area contributed by atoms with E-state index in [2.05, 4.69) is 15.6 Å². The zero-order valence-electron chi connectivity index (χ0n) is 18.6. The number of nitrogens with one attached hydrogen (secondary N) is 2. The van der Waals surface area contributed by atoms with Gasteiger partial charge in [0.05, 0.1) is 24.2 Å². The van der Waals surface area contributed by atoms with Crippen molar-refractivity contribution < 1.29 is 9.59 Å². The van der Waals surface area contributed by atoms with Crippen LogP contribution in [0.2, 0.25) is 0 Å². The topological polar surface area (TPSA) is 96.6 Å². The molecule has 0 bridgehead atoms. The van der Waals surface area contributed by atoms with Crippen LogP contribution >= 0.6 is 22.7 Å². The van der Waals surface area contributed by atoms with Crippen molar-refractivity contribution in [2.24, 2.45) is 4.99 Å². The lowest BCUT2D eigenvalue weighted by Gasteiger charge is -2.09. The molecule has 8 heteroatoms. The summed E-state index contributed by atoms with van der Waals surface area (Å²) in [6, 6.07) is 16.7. The van der Waals surface area contributed by atoms with E-state index in [4.69, 9.17) is 5.73 Å². The van der Waals surface area contributed by atoms with Crippen LogP contribution < -0.4 is 16.4 Å². The molecule has 172 valence electrons. The molecule has 6 nitrogen and oxygen atoms in total. The van der Waals surface area contributed by atoms with E-state index in [0.29, 0.717) is 29.9 Å². The Morgan fingerprint density at radius 1 is 0.824 bits per heavy atom. The van der Waals surface area contributed by atoms with Gasteiger partial charge in [-0.05, 0) is 87.6 Å². The van der Waals surface area contributed by atoms with Crippen molar-refractivity contribution in [3.63, 3.8) is 0 Å². The molecular weight excluding hydrogens is 464 g/mol. The van der Waals surface area contributed by atoms with Gasteiger partial charge in [-0.25, -0.2) is 0 Å².